The average molecular weight is 668 g/mol. The number of morpholine rings is 1. The number of para-hydroxylation sites is 1. The van der Waals surface area contributed by atoms with Crippen molar-refractivity contribution in [1.82, 2.24) is 24.7 Å². The number of thiazole rings is 1. The molecule has 0 saturated carbocycles. The summed E-state index contributed by atoms with van der Waals surface area (Å²) in [7, 11) is 0. The topological polar surface area (TPSA) is 79.7 Å². The fourth-order valence-corrected chi connectivity index (χ4v) is 7.86. The van der Waals surface area contributed by atoms with E-state index in [1.54, 1.807) is 0 Å². The molecule has 1 amide bonds. The number of pyridine rings is 1. The Balaban J connectivity index is 1.50. The van der Waals surface area contributed by atoms with Gasteiger partial charge in [0, 0.05) is 61.9 Å². The minimum atomic E-state index is -0.112. The van der Waals surface area contributed by atoms with Gasteiger partial charge in [-0.25, -0.2) is 4.98 Å². The van der Waals surface area contributed by atoms with Crippen molar-refractivity contribution in [2.75, 3.05) is 52.5 Å². The number of rotatable bonds is 10. The lowest BCUT2D eigenvalue weighted by Gasteiger charge is -2.30. The van der Waals surface area contributed by atoms with Crippen LogP contribution < -0.4 is 10.9 Å². The lowest BCUT2D eigenvalue weighted by atomic mass is 9.97. The van der Waals surface area contributed by atoms with Crippen molar-refractivity contribution in [2.45, 2.75) is 60.4 Å². The van der Waals surface area contributed by atoms with Crippen molar-refractivity contribution in [3.05, 3.63) is 91.7 Å². The van der Waals surface area contributed by atoms with E-state index in [1.807, 2.05) is 15.5 Å². The Labute approximate surface area is 288 Å². The summed E-state index contributed by atoms with van der Waals surface area (Å²) in [6.45, 7) is 17.8. The van der Waals surface area contributed by atoms with Gasteiger partial charge in [-0.05, 0) is 54.9 Å². The quantitative estimate of drug-likeness (QED) is 0.219. The number of hydrogen-bond acceptors (Lipinski definition) is 7. The second kappa shape index (κ2) is 15.3. The largest absolute Gasteiger partial charge is 0.379 e. The Bertz CT molecular complexity index is 1780. The molecule has 2 saturated heterocycles. The summed E-state index contributed by atoms with van der Waals surface area (Å²) >= 11 is 1.53. The molecule has 2 fully saturated rings. The molecule has 4 aromatic rings. The first-order valence-corrected chi connectivity index (χ1v) is 18.4. The number of benzene rings is 2. The minimum Gasteiger partial charge on any atom is -0.379 e. The number of aryl methyl sites for hydroxylation is 3. The second-order valence-electron chi connectivity index (χ2n) is 13.3. The van der Waals surface area contributed by atoms with Crippen molar-refractivity contribution in [3.63, 3.8) is 0 Å². The Morgan fingerprint density at radius 3 is 2.27 bits per heavy atom. The van der Waals surface area contributed by atoms with Crippen LogP contribution in [0.1, 0.15) is 65.3 Å². The van der Waals surface area contributed by atoms with Gasteiger partial charge >= 0.3 is 0 Å². The van der Waals surface area contributed by atoms with Crippen LogP contribution in [0.15, 0.2) is 53.3 Å². The third-order valence-electron chi connectivity index (χ3n) is 9.49. The fraction of sp³-hybridized carbons (Fsp3) is 0.462. The summed E-state index contributed by atoms with van der Waals surface area (Å²) in [6.07, 6.45) is 2.18. The van der Waals surface area contributed by atoms with Gasteiger partial charge in [-0.1, -0.05) is 70.2 Å². The Morgan fingerprint density at radius 1 is 0.979 bits per heavy atom. The molecule has 6 rings (SSSR count). The number of nitrogens with zero attached hydrogens (tertiary/aromatic N) is 4. The lowest BCUT2D eigenvalue weighted by Crippen LogP contribution is -2.47. The van der Waals surface area contributed by atoms with Crippen LogP contribution in [0.4, 0.5) is 0 Å². The number of piperazine rings is 1. The average Bonchev–Trinajstić information content (AvgIpc) is 3.49. The predicted molar refractivity (Wildman–Crippen MR) is 195 cm³/mol. The molecular weight excluding hydrogens is 619 g/mol. The fourth-order valence-electron chi connectivity index (χ4n) is 6.92. The standard InChI is InChI=1S/C39H49N5O3S/c1-6-29-9-8-10-30(7-2)36(29)44-34(23-26(3)4)32(38(45)43-17-15-40-16-18-43)24-33(39(44)46)37-41-35(27(5)48-37)31-13-11-28(12-14-31)25-42-19-21-47-22-20-42/h8-14,24,26,40H,6-7,15-23,25H2,1-5H3. The molecule has 0 bridgehead atoms. The van der Waals surface area contributed by atoms with Crippen molar-refractivity contribution in [2.24, 2.45) is 5.92 Å². The van der Waals surface area contributed by atoms with Gasteiger partial charge in [-0.15, -0.1) is 11.3 Å². The van der Waals surface area contributed by atoms with Crippen LogP contribution in [-0.2, 0) is 30.5 Å². The summed E-state index contributed by atoms with van der Waals surface area (Å²) in [6, 6.07) is 16.8. The molecule has 48 heavy (non-hydrogen) atoms. The molecule has 9 heteroatoms. The van der Waals surface area contributed by atoms with Crippen molar-refractivity contribution in [1.29, 1.82) is 0 Å². The van der Waals surface area contributed by atoms with Gasteiger partial charge in [0.05, 0.1) is 35.7 Å². The zero-order valence-corrected chi connectivity index (χ0v) is 29.9. The smallest absolute Gasteiger partial charge is 0.265 e. The van der Waals surface area contributed by atoms with E-state index in [2.05, 4.69) is 87.3 Å². The molecule has 2 aromatic heterocycles. The number of carbonyl (C=O) groups excluding carboxylic acids is 1. The molecule has 0 atom stereocenters. The van der Waals surface area contributed by atoms with Crippen LogP contribution in [0.25, 0.3) is 27.5 Å². The maximum Gasteiger partial charge on any atom is 0.265 e. The van der Waals surface area contributed by atoms with E-state index in [0.717, 1.165) is 97.4 Å². The van der Waals surface area contributed by atoms with Gasteiger partial charge in [0.1, 0.15) is 5.01 Å². The van der Waals surface area contributed by atoms with E-state index in [9.17, 15) is 9.59 Å². The van der Waals surface area contributed by atoms with Crippen LogP contribution in [0.5, 0.6) is 0 Å². The lowest BCUT2D eigenvalue weighted by molar-refractivity contribution is 0.0342. The monoisotopic (exact) mass is 667 g/mol. The Morgan fingerprint density at radius 2 is 1.65 bits per heavy atom. The SMILES string of the molecule is CCc1cccc(CC)c1-n1c(CC(C)C)c(C(=O)N2CCNCC2)cc(-c2nc(-c3ccc(CN4CCOCC4)cc3)c(C)s2)c1=O. The van der Waals surface area contributed by atoms with E-state index >= 15 is 0 Å². The van der Waals surface area contributed by atoms with Gasteiger partial charge < -0.3 is 15.0 Å². The van der Waals surface area contributed by atoms with Gasteiger partial charge in [0.25, 0.3) is 11.5 Å². The van der Waals surface area contributed by atoms with Gasteiger partial charge in [-0.3, -0.25) is 19.1 Å². The van der Waals surface area contributed by atoms with Gasteiger partial charge in [0.15, 0.2) is 0 Å². The van der Waals surface area contributed by atoms with Crippen LogP contribution in [0.2, 0.25) is 0 Å². The molecule has 0 unspecified atom stereocenters. The molecule has 2 aliphatic heterocycles. The van der Waals surface area contributed by atoms with Crippen molar-refractivity contribution in [3.8, 4) is 27.5 Å². The maximum atomic E-state index is 14.9. The van der Waals surface area contributed by atoms with Gasteiger partial charge in [-0.2, -0.15) is 0 Å². The molecule has 4 heterocycles. The van der Waals surface area contributed by atoms with Gasteiger partial charge in [0.2, 0.25) is 0 Å². The molecule has 2 aliphatic rings. The van der Waals surface area contributed by atoms with Crippen molar-refractivity contribution >= 4 is 17.2 Å². The Hall–Kier alpha value is -3.63. The number of hydrogen-bond donors (Lipinski definition) is 1. The van der Waals surface area contributed by atoms with E-state index in [4.69, 9.17) is 9.72 Å². The molecule has 1 N–H and O–H groups in total. The maximum absolute atomic E-state index is 14.9. The first-order valence-electron chi connectivity index (χ1n) is 17.6. The van der Waals surface area contributed by atoms with Crippen LogP contribution in [0.3, 0.4) is 0 Å². The summed E-state index contributed by atoms with van der Waals surface area (Å²) < 4.78 is 7.40. The number of amides is 1. The van der Waals surface area contributed by atoms with Crippen LogP contribution in [-0.4, -0.2) is 77.7 Å². The molecule has 0 spiro atoms. The Kier molecular flexibility index (Phi) is 10.9. The first kappa shape index (κ1) is 34.2. The first-order chi connectivity index (χ1) is 23.3. The molecule has 2 aromatic carbocycles. The molecular formula is C39H49N5O3S. The summed E-state index contributed by atoms with van der Waals surface area (Å²) in [5.74, 6) is 0.230. The zero-order valence-electron chi connectivity index (χ0n) is 29.1. The highest BCUT2D eigenvalue weighted by atomic mass is 32.1. The number of ether oxygens (including phenoxy) is 1. The normalized spacial score (nSPS) is 15.8. The number of aromatic nitrogens is 2. The third kappa shape index (κ3) is 7.20. The van der Waals surface area contributed by atoms with E-state index in [1.165, 1.54) is 16.9 Å². The minimum absolute atomic E-state index is 0.0152. The zero-order chi connectivity index (χ0) is 33.8. The van der Waals surface area contributed by atoms with Crippen LogP contribution in [0, 0.1) is 12.8 Å². The highest BCUT2D eigenvalue weighted by Crippen LogP contribution is 2.35. The highest BCUT2D eigenvalue weighted by Gasteiger charge is 2.29. The number of nitrogens with one attached hydrogen (secondary N) is 1. The summed E-state index contributed by atoms with van der Waals surface area (Å²) in [4.78, 5) is 39.9. The number of carbonyl (C=O) groups is 1. The van der Waals surface area contributed by atoms with E-state index < -0.39 is 0 Å². The molecule has 0 aliphatic carbocycles. The van der Waals surface area contributed by atoms with E-state index in [-0.39, 0.29) is 17.4 Å². The second-order valence-corrected chi connectivity index (χ2v) is 14.5. The summed E-state index contributed by atoms with van der Waals surface area (Å²) in [5, 5.41) is 4.01. The summed E-state index contributed by atoms with van der Waals surface area (Å²) in [5.41, 5.74) is 8.06. The molecule has 8 nitrogen and oxygen atoms in total. The molecule has 0 radical (unpaired) electrons. The van der Waals surface area contributed by atoms with Crippen molar-refractivity contribution < 1.29 is 9.53 Å². The molecule has 254 valence electrons. The highest BCUT2D eigenvalue weighted by molar-refractivity contribution is 7.15. The predicted octanol–water partition coefficient (Wildman–Crippen LogP) is 6.14. The van der Waals surface area contributed by atoms with Crippen LogP contribution >= 0.6 is 11.3 Å². The van der Waals surface area contributed by atoms with E-state index in [0.29, 0.717) is 35.6 Å². The third-order valence-corrected chi connectivity index (χ3v) is 10.5.